The first-order valence-corrected chi connectivity index (χ1v) is 7.04. The predicted octanol–water partition coefficient (Wildman–Crippen LogP) is 3.81. The van der Waals surface area contributed by atoms with E-state index in [1.807, 2.05) is 19.2 Å². The quantitative estimate of drug-likeness (QED) is 0.906. The van der Waals surface area contributed by atoms with Crippen molar-refractivity contribution in [3.8, 4) is 5.75 Å². The van der Waals surface area contributed by atoms with Gasteiger partial charge in [-0.1, -0.05) is 12.1 Å². The predicted molar refractivity (Wildman–Crippen MR) is 75.6 cm³/mol. The molecule has 1 heterocycles. The maximum Gasteiger partial charge on any atom is 0.120 e. The Balaban J connectivity index is 1.96. The third-order valence-electron chi connectivity index (χ3n) is 2.31. The van der Waals surface area contributed by atoms with Gasteiger partial charge in [-0.15, -0.1) is 11.3 Å². The summed E-state index contributed by atoms with van der Waals surface area (Å²) in [5.74, 6) is 0.917. The van der Waals surface area contributed by atoms with Crippen LogP contribution >= 0.6 is 27.3 Å². The first kappa shape index (κ1) is 12.6. The van der Waals surface area contributed by atoms with Gasteiger partial charge in [-0.2, -0.15) is 0 Å². The maximum atomic E-state index is 5.75. The standard InChI is InChI=1S/C13H14BrNOS/c1-15-7-10-3-2-4-12(5-10)16-8-11-6-13(14)17-9-11/h2-6,9,15H,7-8H2,1H3. The van der Waals surface area contributed by atoms with Crippen LogP contribution in [0.15, 0.2) is 39.5 Å². The Hall–Kier alpha value is -0.840. The summed E-state index contributed by atoms with van der Waals surface area (Å²) in [5.41, 5.74) is 2.43. The number of benzene rings is 1. The molecular formula is C13H14BrNOS. The van der Waals surface area contributed by atoms with Crippen LogP contribution in [0.4, 0.5) is 0 Å². The Kier molecular flexibility index (Phi) is 4.59. The van der Waals surface area contributed by atoms with E-state index in [9.17, 15) is 0 Å². The third kappa shape index (κ3) is 3.84. The van der Waals surface area contributed by atoms with Gasteiger partial charge in [-0.3, -0.25) is 0 Å². The number of hydrogen-bond donors (Lipinski definition) is 1. The Labute approximate surface area is 114 Å². The van der Waals surface area contributed by atoms with Crippen LogP contribution in [0.5, 0.6) is 5.75 Å². The highest BCUT2D eigenvalue weighted by molar-refractivity contribution is 9.11. The van der Waals surface area contributed by atoms with Crippen molar-refractivity contribution >= 4 is 27.3 Å². The van der Waals surface area contributed by atoms with Crippen molar-refractivity contribution in [2.24, 2.45) is 0 Å². The molecule has 90 valence electrons. The number of nitrogens with one attached hydrogen (secondary N) is 1. The van der Waals surface area contributed by atoms with Gasteiger partial charge in [-0.25, -0.2) is 0 Å². The number of halogens is 1. The molecule has 2 aromatic rings. The van der Waals surface area contributed by atoms with Crippen LogP contribution in [0, 0.1) is 0 Å². The van der Waals surface area contributed by atoms with Gasteiger partial charge in [0.05, 0.1) is 3.79 Å². The second-order valence-electron chi connectivity index (χ2n) is 3.73. The molecule has 1 N–H and O–H groups in total. The summed E-state index contributed by atoms with van der Waals surface area (Å²) in [5, 5.41) is 5.23. The van der Waals surface area contributed by atoms with E-state index in [1.54, 1.807) is 11.3 Å². The van der Waals surface area contributed by atoms with Gasteiger partial charge < -0.3 is 10.1 Å². The van der Waals surface area contributed by atoms with E-state index in [2.05, 4.69) is 44.8 Å². The summed E-state index contributed by atoms with van der Waals surface area (Å²) in [6.07, 6.45) is 0. The van der Waals surface area contributed by atoms with Crippen molar-refractivity contribution in [2.75, 3.05) is 7.05 Å². The fraction of sp³-hybridized carbons (Fsp3) is 0.231. The Morgan fingerprint density at radius 3 is 2.88 bits per heavy atom. The van der Waals surface area contributed by atoms with Gasteiger partial charge in [0.1, 0.15) is 12.4 Å². The molecule has 2 nitrogen and oxygen atoms in total. The molecule has 0 aliphatic carbocycles. The Morgan fingerprint density at radius 1 is 1.29 bits per heavy atom. The number of ether oxygens (including phenoxy) is 1. The number of rotatable bonds is 5. The molecule has 0 saturated carbocycles. The molecule has 2 rings (SSSR count). The van der Waals surface area contributed by atoms with Gasteiger partial charge in [0.25, 0.3) is 0 Å². The van der Waals surface area contributed by atoms with E-state index < -0.39 is 0 Å². The lowest BCUT2D eigenvalue weighted by Crippen LogP contribution is -2.05. The van der Waals surface area contributed by atoms with Crippen molar-refractivity contribution in [3.63, 3.8) is 0 Å². The molecule has 0 fully saturated rings. The smallest absolute Gasteiger partial charge is 0.120 e. The summed E-state index contributed by atoms with van der Waals surface area (Å²) in [7, 11) is 1.94. The highest BCUT2D eigenvalue weighted by Crippen LogP contribution is 2.22. The van der Waals surface area contributed by atoms with Gasteiger partial charge in [0.2, 0.25) is 0 Å². The molecule has 0 atom stereocenters. The molecular weight excluding hydrogens is 298 g/mol. The fourth-order valence-electron chi connectivity index (χ4n) is 1.54. The van der Waals surface area contributed by atoms with Gasteiger partial charge in [0, 0.05) is 12.1 Å². The highest BCUT2D eigenvalue weighted by Gasteiger charge is 2.00. The van der Waals surface area contributed by atoms with E-state index in [4.69, 9.17) is 4.74 Å². The van der Waals surface area contributed by atoms with Crippen LogP contribution in [-0.4, -0.2) is 7.05 Å². The molecule has 0 aliphatic heterocycles. The van der Waals surface area contributed by atoms with E-state index in [0.29, 0.717) is 6.61 Å². The summed E-state index contributed by atoms with van der Waals surface area (Å²) in [6.45, 7) is 1.48. The summed E-state index contributed by atoms with van der Waals surface area (Å²) < 4.78 is 6.89. The van der Waals surface area contributed by atoms with Crippen molar-refractivity contribution in [1.82, 2.24) is 5.32 Å². The minimum atomic E-state index is 0.616. The van der Waals surface area contributed by atoms with E-state index in [-0.39, 0.29) is 0 Å². The lowest BCUT2D eigenvalue weighted by atomic mass is 10.2. The molecule has 0 spiro atoms. The van der Waals surface area contributed by atoms with Crippen LogP contribution in [0.3, 0.4) is 0 Å². The molecule has 0 saturated heterocycles. The molecule has 0 unspecified atom stereocenters. The van der Waals surface area contributed by atoms with E-state index >= 15 is 0 Å². The van der Waals surface area contributed by atoms with E-state index in [0.717, 1.165) is 16.1 Å². The van der Waals surface area contributed by atoms with Crippen LogP contribution in [0.25, 0.3) is 0 Å². The largest absolute Gasteiger partial charge is 0.489 e. The van der Waals surface area contributed by atoms with Crippen LogP contribution in [0.1, 0.15) is 11.1 Å². The van der Waals surface area contributed by atoms with Gasteiger partial charge >= 0.3 is 0 Å². The lowest BCUT2D eigenvalue weighted by Gasteiger charge is -2.06. The summed E-state index contributed by atoms with van der Waals surface area (Å²) in [4.78, 5) is 0. The van der Waals surface area contributed by atoms with Crippen molar-refractivity contribution in [2.45, 2.75) is 13.2 Å². The van der Waals surface area contributed by atoms with E-state index in [1.165, 1.54) is 11.1 Å². The molecule has 1 aromatic carbocycles. The molecule has 1 aromatic heterocycles. The second-order valence-corrected chi connectivity index (χ2v) is 6.02. The fourth-order valence-corrected chi connectivity index (χ4v) is 2.73. The summed E-state index contributed by atoms with van der Waals surface area (Å²) >= 11 is 5.12. The van der Waals surface area contributed by atoms with Gasteiger partial charge in [0.15, 0.2) is 0 Å². The molecule has 0 bridgehead atoms. The van der Waals surface area contributed by atoms with Crippen LogP contribution < -0.4 is 10.1 Å². The maximum absolute atomic E-state index is 5.75. The zero-order valence-corrected chi connectivity index (χ0v) is 12.0. The Bertz CT molecular complexity index is 484. The third-order valence-corrected chi connectivity index (χ3v) is 3.86. The van der Waals surface area contributed by atoms with Gasteiger partial charge in [-0.05, 0) is 52.1 Å². The van der Waals surface area contributed by atoms with Crippen LogP contribution in [0.2, 0.25) is 0 Å². The average molecular weight is 312 g/mol. The van der Waals surface area contributed by atoms with Crippen molar-refractivity contribution in [3.05, 3.63) is 50.6 Å². The first-order valence-electron chi connectivity index (χ1n) is 5.37. The Morgan fingerprint density at radius 2 is 2.18 bits per heavy atom. The summed E-state index contributed by atoms with van der Waals surface area (Å²) in [6, 6.07) is 10.2. The second kappa shape index (κ2) is 6.19. The lowest BCUT2D eigenvalue weighted by molar-refractivity contribution is 0.306. The average Bonchev–Trinajstić information content (AvgIpc) is 2.74. The topological polar surface area (TPSA) is 21.3 Å². The minimum Gasteiger partial charge on any atom is -0.489 e. The highest BCUT2D eigenvalue weighted by atomic mass is 79.9. The SMILES string of the molecule is CNCc1cccc(OCc2csc(Br)c2)c1. The number of hydrogen-bond acceptors (Lipinski definition) is 3. The minimum absolute atomic E-state index is 0.616. The van der Waals surface area contributed by atoms with Crippen molar-refractivity contribution < 1.29 is 4.74 Å². The molecule has 0 aliphatic rings. The molecule has 17 heavy (non-hydrogen) atoms. The first-order chi connectivity index (χ1) is 8.28. The normalized spacial score (nSPS) is 10.5. The molecule has 0 amide bonds. The zero-order valence-electron chi connectivity index (χ0n) is 9.57. The zero-order chi connectivity index (χ0) is 12.1. The molecule has 0 radical (unpaired) electrons. The number of thiophene rings is 1. The van der Waals surface area contributed by atoms with Crippen LogP contribution in [-0.2, 0) is 13.2 Å². The monoisotopic (exact) mass is 311 g/mol. The van der Waals surface area contributed by atoms with Crippen molar-refractivity contribution in [1.29, 1.82) is 0 Å². The molecule has 4 heteroatoms.